The number of ether oxygens (including phenoxy) is 4. The lowest BCUT2D eigenvalue weighted by Gasteiger charge is -2.20. The largest absolute Gasteiger partial charge is 0.497 e. The van der Waals surface area contributed by atoms with E-state index in [2.05, 4.69) is 24.8 Å². The Morgan fingerprint density at radius 3 is 2.88 bits per heavy atom. The van der Waals surface area contributed by atoms with Gasteiger partial charge < -0.3 is 18.9 Å². The second-order valence-corrected chi connectivity index (χ2v) is 6.50. The summed E-state index contributed by atoms with van der Waals surface area (Å²) in [6.07, 6.45) is 2.97. The number of hydrogen-bond acceptors (Lipinski definition) is 4. The van der Waals surface area contributed by atoms with Crippen LogP contribution >= 0.6 is 0 Å². The van der Waals surface area contributed by atoms with Crippen LogP contribution in [0, 0.1) is 11.8 Å². The highest BCUT2D eigenvalue weighted by atomic mass is 16.7. The van der Waals surface area contributed by atoms with E-state index in [4.69, 9.17) is 18.9 Å². The van der Waals surface area contributed by atoms with Crippen molar-refractivity contribution in [3.8, 4) is 17.2 Å². The van der Waals surface area contributed by atoms with Crippen LogP contribution < -0.4 is 14.2 Å². The van der Waals surface area contributed by atoms with Crippen molar-refractivity contribution in [3.63, 3.8) is 0 Å². The summed E-state index contributed by atoms with van der Waals surface area (Å²) < 4.78 is 22.4. The maximum Gasteiger partial charge on any atom is 0.231 e. The van der Waals surface area contributed by atoms with Crippen LogP contribution in [-0.4, -0.2) is 20.5 Å². The molecule has 0 unspecified atom stereocenters. The summed E-state index contributed by atoms with van der Waals surface area (Å²) in [5.74, 6) is 3.14. The fourth-order valence-electron chi connectivity index (χ4n) is 3.72. The Kier molecular flexibility index (Phi) is 4.36. The van der Waals surface area contributed by atoms with Gasteiger partial charge in [0, 0.05) is 5.92 Å². The lowest BCUT2D eigenvalue weighted by molar-refractivity contribution is 0.0975. The molecule has 1 fully saturated rings. The quantitative estimate of drug-likeness (QED) is 0.767. The zero-order chi connectivity index (χ0) is 17.2. The van der Waals surface area contributed by atoms with Crippen molar-refractivity contribution in [2.45, 2.75) is 12.5 Å². The minimum Gasteiger partial charge on any atom is -0.497 e. The molecular formula is C21H22O4. The lowest BCUT2D eigenvalue weighted by atomic mass is 9.84. The third kappa shape index (κ3) is 3.10. The third-order valence-electron chi connectivity index (χ3n) is 5.01. The number of fused-ring (bicyclic) bond motifs is 1. The first-order chi connectivity index (χ1) is 12.3. The first-order valence-corrected chi connectivity index (χ1v) is 8.55. The summed E-state index contributed by atoms with van der Waals surface area (Å²) in [6, 6.07) is 14.2. The van der Waals surface area contributed by atoms with Crippen molar-refractivity contribution in [2.75, 3.05) is 20.5 Å². The van der Waals surface area contributed by atoms with Crippen LogP contribution in [0.5, 0.6) is 17.2 Å². The summed E-state index contributed by atoms with van der Waals surface area (Å²) in [4.78, 5) is 0. The zero-order valence-electron chi connectivity index (χ0n) is 14.3. The van der Waals surface area contributed by atoms with Gasteiger partial charge in [-0.15, -0.1) is 6.58 Å². The van der Waals surface area contributed by atoms with Gasteiger partial charge in [-0.2, -0.15) is 0 Å². The van der Waals surface area contributed by atoms with Crippen LogP contribution in [0.3, 0.4) is 0 Å². The van der Waals surface area contributed by atoms with Gasteiger partial charge in [-0.3, -0.25) is 0 Å². The Morgan fingerprint density at radius 1 is 1.16 bits per heavy atom. The molecule has 130 valence electrons. The molecule has 4 heteroatoms. The molecule has 1 saturated heterocycles. The molecule has 4 nitrogen and oxygen atoms in total. The molecule has 2 heterocycles. The summed E-state index contributed by atoms with van der Waals surface area (Å²) in [6.45, 7) is 5.07. The van der Waals surface area contributed by atoms with E-state index < -0.39 is 0 Å². The van der Waals surface area contributed by atoms with Crippen molar-refractivity contribution in [2.24, 2.45) is 11.8 Å². The van der Waals surface area contributed by atoms with Gasteiger partial charge >= 0.3 is 0 Å². The summed E-state index contributed by atoms with van der Waals surface area (Å²) in [5.41, 5.74) is 2.37. The van der Waals surface area contributed by atoms with Crippen LogP contribution in [0.1, 0.15) is 17.2 Å². The summed E-state index contributed by atoms with van der Waals surface area (Å²) in [5, 5.41) is 0. The molecule has 0 aromatic heterocycles. The Balaban J connectivity index is 1.52. The molecule has 0 spiro atoms. The Hall–Kier alpha value is -2.46. The molecular weight excluding hydrogens is 316 g/mol. The molecule has 25 heavy (non-hydrogen) atoms. The van der Waals surface area contributed by atoms with Gasteiger partial charge in [-0.25, -0.2) is 0 Å². The molecule has 2 aromatic carbocycles. The molecule has 2 aliphatic rings. The smallest absolute Gasteiger partial charge is 0.231 e. The normalized spacial score (nSPS) is 24.3. The van der Waals surface area contributed by atoms with E-state index in [1.54, 1.807) is 7.11 Å². The number of hydrogen-bond donors (Lipinski definition) is 0. The second-order valence-electron chi connectivity index (χ2n) is 6.50. The first-order valence-electron chi connectivity index (χ1n) is 8.55. The summed E-state index contributed by atoms with van der Waals surface area (Å²) in [7, 11) is 1.68. The van der Waals surface area contributed by atoms with E-state index in [1.165, 1.54) is 5.56 Å². The number of benzene rings is 2. The first kappa shape index (κ1) is 16.0. The van der Waals surface area contributed by atoms with Crippen LogP contribution in [0.25, 0.3) is 0 Å². The average Bonchev–Trinajstić information content (AvgIpc) is 3.28. The van der Waals surface area contributed by atoms with E-state index in [9.17, 15) is 0 Å². The topological polar surface area (TPSA) is 36.9 Å². The van der Waals surface area contributed by atoms with Gasteiger partial charge in [0.1, 0.15) is 5.75 Å². The standard InChI is InChI=1S/C21H22O4/c1-3-18-16(9-14-7-8-19-20(10-14)25-13-24-19)12-23-21(18)15-5-4-6-17(11-15)22-2/h3-8,10-11,16,18,21H,1,9,12-13H2,2H3/t16-,18+,21+/m1/s1. The highest BCUT2D eigenvalue weighted by Crippen LogP contribution is 2.42. The van der Waals surface area contributed by atoms with Gasteiger partial charge in [-0.1, -0.05) is 24.3 Å². The molecule has 2 aromatic rings. The van der Waals surface area contributed by atoms with E-state index in [0.29, 0.717) is 19.3 Å². The zero-order valence-corrected chi connectivity index (χ0v) is 14.3. The molecule has 4 rings (SSSR count). The molecule has 3 atom stereocenters. The minimum atomic E-state index is 0.0200. The van der Waals surface area contributed by atoms with E-state index in [1.807, 2.05) is 30.3 Å². The van der Waals surface area contributed by atoms with Crippen LogP contribution in [0.2, 0.25) is 0 Å². The average molecular weight is 338 g/mol. The summed E-state index contributed by atoms with van der Waals surface area (Å²) >= 11 is 0. The predicted molar refractivity (Wildman–Crippen MR) is 95.1 cm³/mol. The lowest BCUT2D eigenvalue weighted by Crippen LogP contribution is -2.15. The van der Waals surface area contributed by atoms with E-state index in [-0.39, 0.29) is 12.0 Å². The molecule has 0 N–H and O–H groups in total. The van der Waals surface area contributed by atoms with Crippen molar-refractivity contribution in [3.05, 3.63) is 66.2 Å². The highest BCUT2D eigenvalue weighted by Gasteiger charge is 2.36. The van der Waals surface area contributed by atoms with Crippen LogP contribution in [0.15, 0.2) is 55.1 Å². The minimum absolute atomic E-state index is 0.0200. The predicted octanol–water partition coefficient (Wildman–Crippen LogP) is 4.16. The molecule has 0 aliphatic carbocycles. The molecule has 0 bridgehead atoms. The van der Waals surface area contributed by atoms with E-state index in [0.717, 1.165) is 29.2 Å². The Bertz CT molecular complexity index is 770. The van der Waals surface area contributed by atoms with Gasteiger partial charge in [0.05, 0.1) is 19.8 Å². The Labute approximate surface area is 148 Å². The molecule has 0 saturated carbocycles. The second kappa shape index (κ2) is 6.81. The highest BCUT2D eigenvalue weighted by molar-refractivity contribution is 5.44. The van der Waals surface area contributed by atoms with Gasteiger partial charge in [-0.05, 0) is 47.7 Å². The van der Waals surface area contributed by atoms with Crippen molar-refractivity contribution < 1.29 is 18.9 Å². The van der Waals surface area contributed by atoms with Crippen LogP contribution in [-0.2, 0) is 11.2 Å². The monoisotopic (exact) mass is 338 g/mol. The SMILES string of the molecule is C=C[C@H]1[C@H](Cc2ccc3c(c2)OCO3)CO[C@H]1c1cccc(OC)c1. The van der Waals surface area contributed by atoms with Crippen molar-refractivity contribution >= 4 is 0 Å². The van der Waals surface area contributed by atoms with Crippen molar-refractivity contribution in [1.82, 2.24) is 0 Å². The van der Waals surface area contributed by atoms with Crippen LogP contribution in [0.4, 0.5) is 0 Å². The van der Waals surface area contributed by atoms with Gasteiger partial charge in [0.25, 0.3) is 0 Å². The molecule has 0 radical (unpaired) electrons. The third-order valence-corrected chi connectivity index (χ3v) is 5.01. The molecule has 2 aliphatic heterocycles. The maximum absolute atomic E-state index is 6.14. The number of rotatable bonds is 5. The fourth-order valence-corrected chi connectivity index (χ4v) is 3.72. The van der Waals surface area contributed by atoms with E-state index >= 15 is 0 Å². The Morgan fingerprint density at radius 2 is 2.04 bits per heavy atom. The number of methoxy groups -OCH3 is 1. The molecule has 0 amide bonds. The van der Waals surface area contributed by atoms with Gasteiger partial charge in [0.15, 0.2) is 11.5 Å². The van der Waals surface area contributed by atoms with Crippen molar-refractivity contribution in [1.29, 1.82) is 0 Å². The maximum atomic E-state index is 6.14. The fraction of sp³-hybridized carbons (Fsp3) is 0.333. The van der Waals surface area contributed by atoms with Gasteiger partial charge in [0.2, 0.25) is 6.79 Å².